The van der Waals surface area contributed by atoms with Crippen LogP contribution in [-0.4, -0.2) is 14.5 Å². The second kappa shape index (κ2) is 5.34. The normalized spacial score (nSPS) is 11.3. The molecule has 1 aromatic carbocycles. The summed E-state index contributed by atoms with van der Waals surface area (Å²) in [5, 5.41) is 3.26. The Bertz CT molecular complexity index is 785. The number of thiazole rings is 1. The van der Waals surface area contributed by atoms with Crippen molar-refractivity contribution in [3.05, 3.63) is 42.6 Å². The number of H-pyrrole nitrogens is 1. The van der Waals surface area contributed by atoms with E-state index in [1.54, 1.807) is 11.3 Å². The Kier molecular flexibility index (Phi) is 3.72. The number of imidazole rings is 1. The number of fused-ring (bicyclic) bond motifs is 1. The third-order valence-corrected chi connectivity index (χ3v) is 4.97. The molecule has 0 saturated carbocycles. The molecule has 0 unspecified atom stereocenters. The molecule has 3 rings (SSSR count). The predicted octanol–water partition coefficient (Wildman–Crippen LogP) is 4.31. The molecule has 2 aromatic heterocycles. The lowest BCUT2D eigenvalue weighted by molar-refractivity contribution is 0.703. The van der Waals surface area contributed by atoms with Crippen molar-refractivity contribution < 1.29 is 0 Å². The molecule has 6 heteroatoms. The topological polar surface area (TPSA) is 33.6 Å². The Labute approximate surface area is 133 Å². The first kappa shape index (κ1) is 13.3. The second-order valence-electron chi connectivity index (χ2n) is 4.38. The van der Waals surface area contributed by atoms with Gasteiger partial charge in [0.05, 0.1) is 16.0 Å². The highest BCUT2D eigenvalue weighted by Gasteiger charge is 2.06. The summed E-state index contributed by atoms with van der Waals surface area (Å²) in [6.45, 7) is 2.89. The average molecular weight is 401 g/mol. The van der Waals surface area contributed by atoms with E-state index in [1.165, 1.54) is 14.1 Å². The molecule has 0 radical (unpaired) electrons. The van der Waals surface area contributed by atoms with Crippen molar-refractivity contribution in [2.45, 2.75) is 19.9 Å². The standard InChI is InChI=1S/C13H12IN3S2/c1-8-7-19-12(15-8)4-5-17-11-3-2-9(14)6-10(11)16-13(17)18/h2-3,6-7H,4-5H2,1H3,(H,16,18). The highest BCUT2D eigenvalue weighted by Crippen LogP contribution is 2.18. The van der Waals surface area contributed by atoms with Gasteiger partial charge in [-0.25, -0.2) is 4.98 Å². The van der Waals surface area contributed by atoms with E-state index < -0.39 is 0 Å². The quantitative estimate of drug-likeness (QED) is 0.524. The Morgan fingerprint density at radius 3 is 3.05 bits per heavy atom. The van der Waals surface area contributed by atoms with Crippen molar-refractivity contribution in [1.29, 1.82) is 0 Å². The number of hydrogen-bond donors (Lipinski definition) is 1. The van der Waals surface area contributed by atoms with Crippen molar-refractivity contribution in [2.75, 3.05) is 0 Å². The summed E-state index contributed by atoms with van der Waals surface area (Å²) in [6, 6.07) is 6.35. The summed E-state index contributed by atoms with van der Waals surface area (Å²) in [6.07, 6.45) is 0.922. The lowest BCUT2D eigenvalue weighted by atomic mass is 10.3. The molecular formula is C13H12IN3S2. The minimum Gasteiger partial charge on any atom is -0.331 e. The van der Waals surface area contributed by atoms with Gasteiger partial charge in [0.25, 0.3) is 0 Å². The molecule has 3 aromatic rings. The molecular weight excluding hydrogens is 389 g/mol. The summed E-state index contributed by atoms with van der Waals surface area (Å²) in [7, 11) is 0. The van der Waals surface area contributed by atoms with Gasteiger partial charge in [0.15, 0.2) is 4.77 Å². The Hall–Kier alpha value is -0.730. The van der Waals surface area contributed by atoms with Crippen molar-refractivity contribution >= 4 is 57.2 Å². The lowest BCUT2D eigenvalue weighted by Gasteiger charge is -2.02. The van der Waals surface area contributed by atoms with Crippen LogP contribution in [0.2, 0.25) is 0 Å². The number of aryl methyl sites for hydroxylation is 3. The molecule has 0 bridgehead atoms. The van der Waals surface area contributed by atoms with Crippen molar-refractivity contribution in [3.63, 3.8) is 0 Å². The predicted molar refractivity (Wildman–Crippen MR) is 90.4 cm³/mol. The highest BCUT2D eigenvalue weighted by molar-refractivity contribution is 14.1. The van der Waals surface area contributed by atoms with E-state index in [2.05, 4.69) is 60.7 Å². The van der Waals surface area contributed by atoms with Crippen LogP contribution in [0.4, 0.5) is 0 Å². The van der Waals surface area contributed by atoms with Gasteiger partial charge in [-0.15, -0.1) is 11.3 Å². The van der Waals surface area contributed by atoms with Crippen LogP contribution in [0.15, 0.2) is 23.6 Å². The first-order chi connectivity index (χ1) is 9.13. The smallest absolute Gasteiger partial charge is 0.178 e. The molecule has 2 heterocycles. The molecule has 98 valence electrons. The molecule has 0 saturated heterocycles. The molecule has 19 heavy (non-hydrogen) atoms. The fourth-order valence-electron chi connectivity index (χ4n) is 2.08. The van der Waals surface area contributed by atoms with Gasteiger partial charge in [0, 0.05) is 27.6 Å². The number of nitrogens with one attached hydrogen (secondary N) is 1. The van der Waals surface area contributed by atoms with Crippen LogP contribution in [0.1, 0.15) is 10.7 Å². The van der Waals surface area contributed by atoms with Gasteiger partial charge in [0.2, 0.25) is 0 Å². The Morgan fingerprint density at radius 2 is 2.32 bits per heavy atom. The Morgan fingerprint density at radius 1 is 1.47 bits per heavy atom. The monoisotopic (exact) mass is 401 g/mol. The molecule has 1 N–H and O–H groups in total. The second-order valence-corrected chi connectivity index (χ2v) is 6.95. The SMILES string of the molecule is Cc1csc(CCn2c(=S)[nH]c3cc(I)ccc32)n1. The molecule has 0 atom stereocenters. The molecule has 0 aliphatic heterocycles. The largest absolute Gasteiger partial charge is 0.331 e. The number of aromatic nitrogens is 3. The van der Waals surface area contributed by atoms with Crippen LogP contribution in [-0.2, 0) is 13.0 Å². The first-order valence-corrected chi connectivity index (χ1v) is 8.29. The van der Waals surface area contributed by atoms with Crippen molar-refractivity contribution in [1.82, 2.24) is 14.5 Å². The molecule has 0 aliphatic carbocycles. The van der Waals surface area contributed by atoms with E-state index >= 15 is 0 Å². The minimum absolute atomic E-state index is 0.783. The van der Waals surface area contributed by atoms with Crippen LogP contribution in [0.3, 0.4) is 0 Å². The van der Waals surface area contributed by atoms with Gasteiger partial charge in [-0.3, -0.25) is 0 Å². The van der Waals surface area contributed by atoms with Gasteiger partial charge >= 0.3 is 0 Å². The van der Waals surface area contributed by atoms with Gasteiger partial charge in [-0.2, -0.15) is 0 Å². The van der Waals surface area contributed by atoms with Gasteiger partial charge in [-0.05, 0) is 59.9 Å². The van der Waals surface area contributed by atoms with Gasteiger partial charge < -0.3 is 9.55 Å². The van der Waals surface area contributed by atoms with E-state index in [-0.39, 0.29) is 0 Å². The number of rotatable bonds is 3. The maximum absolute atomic E-state index is 5.40. The Balaban J connectivity index is 1.92. The summed E-state index contributed by atoms with van der Waals surface area (Å²) in [5.41, 5.74) is 3.36. The summed E-state index contributed by atoms with van der Waals surface area (Å²) >= 11 is 9.43. The third-order valence-electron chi connectivity index (χ3n) is 2.95. The number of nitrogens with zero attached hydrogens (tertiary/aromatic N) is 2. The molecule has 0 spiro atoms. The zero-order valence-electron chi connectivity index (χ0n) is 10.3. The zero-order valence-corrected chi connectivity index (χ0v) is 14.1. The van der Waals surface area contributed by atoms with Crippen LogP contribution < -0.4 is 0 Å². The maximum atomic E-state index is 5.40. The van der Waals surface area contributed by atoms with Crippen LogP contribution >= 0.6 is 46.1 Å². The minimum atomic E-state index is 0.783. The fourth-order valence-corrected chi connectivity index (χ4v) is 3.64. The summed E-state index contributed by atoms with van der Waals surface area (Å²) in [5.74, 6) is 0. The van der Waals surface area contributed by atoms with E-state index in [0.29, 0.717) is 0 Å². The average Bonchev–Trinajstić information content (AvgIpc) is 2.89. The van der Waals surface area contributed by atoms with E-state index in [4.69, 9.17) is 12.2 Å². The third kappa shape index (κ3) is 2.75. The molecule has 0 amide bonds. The molecule has 3 nitrogen and oxygen atoms in total. The van der Waals surface area contributed by atoms with E-state index in [0.717, 1.165) is 28.9 Å². The zero-order chi connectivity index (χ0) is 13.4. The van der Waals surface area contributed by atoms with Crippen LogP contribution in [0.5, 0.6) is 0 Å². The number of hydrogen-bond acceptors (Lipinski definition) is 3. The highest BCUT2D eigenvalue weighted by atomic mass is 127. The van der Waals surface area contributed by atoms with Gasteiger partial charge in [-0.1, -0.05) is 0 Å². The van der Waals surface area contributed by atoms with Crippen molar-refractivity contribution in [2.24, 2.45) is 0 Å². The first-order valence-electron chi connectivity index (χ1n) is 5.92. The number of benzene rings is 1. The van der Waals surface area contributed by atoms with E-state index in [9.17, 15) is 0 Å². The van der Waals surface area contributed by atoms with Crippen molar-refractivity contribution in [3.8, 4) is 0 Å². The fraction of sp³-hybridized carbons (Fsp3) is 0.231. The number of aromatic amines is 1. The van der Waals surface area contributed by atoms with Crippen LogP contribution in [0.25, 0.3) is 11.0 Å². The summed E-state index contributed by atoms with van der Waals surface area (Å²) < 4.78 is 4.15. The lowest BCUT2D eigenvalue weighted by Crippen LogP contribution is -2.01. The molecule has 0 fully saturated rings. The van der Waals surface area contributed by atoms with E-state index in [1.807, 2.05) is 6.92 Å². The summed E-state index contributed by atoms with van der Waals surface area (Å²) in [4.78, 5) is 7.76. The number of halogens is 1. The molecule has 0 aliphatic rings. The van der Waals surface area contributed by atoms with Crippen LogP contribution in [0, 0.1) is 15.3 Å². The van der Waals surface area contributed by atoms with Gasteiger partial charge in [0.1, 0.15) is 0 Å². The maximum Gasteiger partial charge on any atom is 0.178 e.